The molecule has 0 bridgehead atoms. The molecule has 12 heteroatoms. The largest absolute Gasteiger partial charge is 0.497 e. The zero-order valence-electron chi connectivity index (χ0n) is 29.3. The number of aryl methyl sites for hydroxylation is 2. The quantitative estimate of drug-likeness (QED) is 0.132. The SMILES string of the molecule is COc1ccc(-c2cc(C3=C(c4cc(C5C=CC(C#N)=CC5)sc4-c4ccc(OC)cc4)C(F)(F)C(F)(F)C3(F)F)c(CCc3ccc(C#N)cc3)s2)cc1. The van der Waals surface area contributed by atoms with Gasteiger partial charge in [-0.15, -0.1) is 22.7 Å². The molecular weight excluding hydrogens is 755 g/mol. The molecule has 2 heterocycles. The van der Waals surface area contributed by atoms with Crippen molar-refractivity contribution >= 4 is 33.8 Å². The highest BCUT2D eigenvalue weighted by Crippen LogP contribution is 2.67. The Bertz CT molecular complexity index is 2430. The van der Waals surface area contributed by atoms with Gasteiger partial charge in [-0.3, -0.25) is 0 Å². The maximum Gasteiger partial charge on any atom is 0.380 e. The van der Waals surface area contributed by atoms with Crippen molar-refractivity contribution in [2.24, 2.45) is 0 Å². The molecular formula is C43H30F6N2O2S2. The Morgan fingerprint density at radius 1 is 0.709 bits per heavy atom. The first-order valence-electron chi connectivity index (χ1n) is 17.0. The smallest absolute Gasteiger partial charge is 0.380 e. The molecule has 0 amide bonds. The molecule has 4 nitrogen and oxygen atoms in total. The number of benzene rings is 3. The van der Waals surface area contributed by atoms with E-state index in [2.05, 4.69) is 6.07 Å². The molecule has 5 aromatic rings. The average Bonchev–Trinajstić information content (AvgIpc) is 3.86. The fraction of sp³-hybridized carbons (Fsp3) is 0.209. The molecule has 0 radical (unpaired) electrons. The van der Waals surface area contributed by atoms with Crippen LogP contribution in [0.15, 0.2) is 109 Å². The van der Waals surface area contributed by atoms with Crippen molar-refractivity contribution in [3.05, 3.63) is 141 Å². The molecule has 7 rings (SSSR count). The van der Waals surface area contributed by atoms with Crippen molar-refractivity contribution < 1.29 is 35.8 Å². The highest BCUT2D eigenvalue weighted by molar-refractivity contribution is 7.16. The molecule has 278 valence electrons. The minimum absolute atomic E-state index is 0.0622. The van der Waals surface area contributed by atoms with E-state index in [0.717, 1.165) is 28.2 Å². The summed E-state index contributed by atoms with van der Waals surface area (Å²) in [5, 5.41) is 18.6. The fourth-order valence-corrected chi connectivity index (χ4v) is 9.24. The second-order valence-corrected chi connectivity index (χ2v) is 15.3. The molecule has 3 aromatic carbocycles. The first-order chi connectivity index (χ1) is 26.3. The van der Waals surface area contributed by atoms with Crippen LogP contribution in [0.5, 0.6) is 11.5 Å². The van der Waals surface area contributed by atoms with E-state index in [0.29, 0.717) is 49.9 Å². The van der Waals surface area contributed by atoms with E-state index in [1.54, 1.807) is 91.0 Å². The molecule has 0 aliphatic heterocycles. The van der Waals surface area contributed by atoms with E-state index >= 15 is 26.3 Å². The standard InChI is InChI=1S/C43H30F6N2O2S2/c1-52-31-16-12-29(13-17-31)36-21-33(35(54-36)20-9-25-3-5-26(23-50)6-4-25)38-39(42(46,47)43(48,49)41(38,44)45)34-22-37(28-10-7-27(24-51)8-11-28)55-40(34)30-14-18-32(53-2)19-15-30/h3-8,10,12-19,21-22,28H,9,11,20H2,1-2H3. The van der Waals surface area contributed by atoms with Gasteiger partial charge < -0.3 is 9.47 Å². The Morgan fingerprint density at radius 2 is 1.31 bits per heavy atom. The van der Waals surface area contributed by atoms with Gasteiger partial charge in [0.05, 0.1) is 31.9 Å². The Hall–Kier alpha value is -5.56. The van der Waals surface area contributed by atoms with E-state index < -0.39 is 40.4 Å². The highest BCUT2D eigenvalue weighted by atomic mass is 32.1. The Kier molecular flexibility index (Phi) is 10.0. The van der Waals surface area contributed by atoms with Gasteiger partial charge >= 0.3 is 17.8 Å². The number of nitriles is 2. The summed E-state index contributed by atoms with van der Waals surface area (Å²) in [7, 11) is 2.93. The maximum absolute atomic E-state index is 16.5. The molecule has 0 spiro atoms. The Morgan fingerprint density at radius 3 is 1.85 bits per heavy atom. The summed E-state index contributed by atoms with van der Waals surface area (Å²) >= 11 is 2.12. The molecule has 55 heavy (non-hydrogen) atoms. The summed E-state index contributed by atoms with van der Waals surface area (Å²) in [4.78, 5) is 1.24. The maximum atomic E-state index is 16.5. The zero-order valence-corrected chi connectivity index (χ0v) is 30.9. The number of methoxy groups -OCH3 is 2. The second kappa shape index (κ2) is 14.6. The van der Waals surface area contributed by atoms with Crippen molar-refractivity contribution in [1.82, 2.24) is 0 Å². The van der Waals surface area contributed by atoms with Crippen LogP contribution in [0, 0.1) is 22.7 Å². The summed E-state index contributed by atoms with van der Waals surface area (Å²) in [6.07, 6.45) is 5.63. The molecule has 0 N–H and O–H groups in total. The number of nitrogens with zero attached hydrogens (tertiary/aromatic N) is 2. The third kappa shape index (κ3) is 6.64. The monoisotopic (exact) mass is 784 g/mol. The van der Waals surface area contributed by atoms with Crippen LogP contribution in [0.25, 0.3) is 32.0 Å². The highest BCUT2D eigenvalue weighted by Gasteiger charge is 2.80. The van der Waals surface area contributed by atoms with Crippen LogP contribution in [0.1, 0.15) is 44.3 Å². The lowest BCUT2D eigenvalue weighted by Gasteiger charge is -2.26. The van der Waals surface area contributed by atoms with E-state index in [1.807, 2.05) is 6.07 Å². The number of rotatable bonds is 10. The Balaban J connectivity index is 1.47. The van der Waals surface area contributed by atoms with Crippen LogP contribution in [-0.2, 0) is 12.8 Å². The molecule has 2 aromatic heterocycles. The molecule has 1 unspecified atom stereocenters. The number of halogens is 6. The van der Waals surface area contributed by atoms with Crippen LogP contribution < -0.4 is 9.47 Å². The van der Waals surface area contributed by atoms with Gasteiger partial charge in [0.2, 0.25) is 0 Å². The molecule has 1 atom stereocenters. The molecule has 0 saturated heterocycles. The third-order valence-corrected chi connectivity index (χ3v) is 12.4. The first kappa shape index (κ1) is 37.7. The second-order valence-electron chi connectivity index (χ2n) is 13.1. The number of allylic oxidation sites excluding steroid dienone is 6. The number of alkyl halides is 6. The number of ether oxygens (including phenoxy) is 2. The van der Waals surface area contributed by atoms with Gasteiger partial charge in [-0.25, -0.2) is 0 Å². The van der Waals surface area contributed by atoms with E-state index in [1.165, 1.54) is 26.4 Å². The number of hydrogen-bond donors (Lipinski definition) is 0. The predicted octanol–water partition coefficient (Wildman–Crippen LogP) is 12.1. The van der Waals surface area contributed by atoms with Crippen molar-refractivity contribution in [2.45, 2.75) is 42.9 Å². The fourth-order valence-electron chi connectivity index (χ4n) is 6.81. The summed E-state index contributed by atoms with van der Waals surface area (Å²) in [6, 6.07) is 26.3. The number of thiophene rings is 2. The van der Waals surface area contributed by atoms with Crippen LogP contribution in [0.3, 0.4) is 0 Å². The van der Waals surface area contributed by atoms with Crippen molar-refractivity contribution in [3.8, 4) is 44.5 Å². The van der Waals surface area contributed by atoms with Gasteiger partial charge in [0, 0.05) is 47.7 Å². The lowest BCUT2D eigenvalue weighted by Crippen LogP contribution is -2.48. The van der Waals surface area contributed by atoms with E-state index in [4.69, 9.17) is 9.47 Å². The number of hydrogen-bond acceptors (Lipinski definition) is 6. The van der Waals surface area contributed by atoms with Crippen LogP contribution >= 0.6 is 22.7 Å². The lowest BCUT2D eigenvalue weighted by molar-refractivity contribution is -0.254. The zero-order chi connectivity index (χ0) is 39.1. The summed E-state index contributed by atoms with van der Waals surface area (Å²) < 4.78 is 108. The van der Waals surface area contributed by atoms with Crippen LogP contribution in [-0.4, -0.2) is 32.0 Å². The topological polar surface area (TPSA) is 66.0 Å². The van der Waals surface area contributed by atoms with Gasteiger partial charge in [0.1, 0.15) is 11.5 Å². The minimum Gasteiger partial charge on any atom is -0.497 e. The summed E-state index contributed by atoms with van der Waals surface area (Å²) in [5.41, 5.74) is -1.16. The van der Waals surface area contributed by atoms with Gasteiger partial charge in [0.15, 0.2) is 0 Å². The third-order valence-electron chi connectivity index (χ3n) is 9.81. The summed E-state index contributed by atoms with van der Waals surface area (Å²) in [6.45, 7) is 0. The van der Waals surface area contributed by atoms with Gasteiger partial charge in [-0.05, 0) is 120 Å². The van der Waals surface area contributed by atoms with Crippen LogP contribution in [0.4, 0.5) is 26.3 Å². The van der Waals surface area contributed by atoms with E-state index in [9.17, 15) is 10.5 Å². The van der Waals surface area contributed by atoms with Crippen molar-refractivity contribution in [2.75, 3.05) is 14.2 Å². The Labute approximate surface area is 321 Å². The van der Waals surface area contributed by atoms with Crippen molar-refractivity contribution in [1.29, 1.82) is 10.5 Å². The van der Waals surface area contributed by atoms with Gasteiger partial charge in [-0.1, -0.05) is 24.3 Å². The van der Waals surface area contributed by atoms with Crippen LogP contribution in [0.2, 0.25) is 0 Å². The minimum atomic E-state index is -5.77. The lowest BCUT2D eigenvalue weighted by atomic mass is 9.90. The molecule has 0 fully saturated rings. The normalized spacial score (nSPS) is 18.1. The summed E-state index contributed by atoms with van der Waals surface area (Å²) in [5.74, 6) is -15.8. The van der Waals surface area contributed by atoms with Crippen molar-refractivity contribution in [3.63, 3.8) is 0 Å². The predicted molar refractivity (Wildman–Crippen MR) is 203 cm³/mol. The van der Waals surface area contributed by atoms with Gasteiger partial charge in [0.25, 0.3) is 0 Å². The molecule has 2 aliphatic rings. The first-order valence-corrected chi connectivity index (χ1v) is 18.7. The molecule has 2 aliphatic carbocycles. The molecule has 0 saturated carbocycles. The van der Waals surface area contributed by atoms with E-state index in [-0.39, 0.29) is 28.2 Å². The van der Waals surface area contributed by atoms with Gasteiger partial charge in [-0.2, -0.15) is 36.9 Å². The average molecular weight is 785 g/mol.